The lowest BCUT2D eigenvalue weighted by atomic mass is 10.0. The Morgan fingerprint density at radius 3 is 2.73 bits per heavy atom. The van der Waals surface area contributed by atoms with Gasteiger partial charge >= 0.3 is 12.3 Å². The number of aliphatic hydroxyl groups excluding tert-OH is 1. The van der Waals surface area contributed by atoms with Gasteiger partial charge in [-0.3, -0.25) is 4.90 Å². The van der Waals surface area contributed by atoms with Gasteiger partial charge in [0.25, 0.3) is 0 Å². The molecule has 2 atom stereocenters. The van der Waals surface area contributed by atoms with Crippen molar-refractivity contribution in [2.24, 2.45) is 0 Å². The number of halogens is 4. The largest absolute Gasteiger partial charge is 0.462 e. The standard InChI is InChI=1S/C24H25ClF3NO4/c1-15-13-19(32-18-9-7-17(25)8-10-18)11-12-20(15)29-21(22(14-30)33-23(29)31)6-4-3-5-16(2)24(26,27)28/h3,5,7,9,11-13,21-22,30H,2,4,6,8,10,14H2,1H3/b5-3-/t21-,22-/m0/s1. The van der Waals surface area contributed by atoms with Gasteiger partial charge in [0.15, 0.2) is 0 Å². The summed E-state index contributed by atoms with van der Waals surface area (Å²) >= 11 is 5.97. The van der Waals surface area contributed by atoms with Crippen LogP contribution in [0.3, 0.4) is 0 Å². The second-order valence-electron chi connectivity index (χ2n) is 7.84. The van der Waals surface area contributed by atoms with Crippen LogP contribution in [0.15, 0.2) is 65.4 Å². The molecule has 1 N–H and O–H groups in total. The number of nitrogens with zero attached hydrogens (tertiary/aromatic N) is 1. The maximum atomic E-state index is 12.6. The Morgan fingerprint density at radius 2 is 2.12 bits per heavy atom. The molecular formula is C24H25ClF3NO4. The van der Waals surface area contributed by atoms with Crippen molar-refractivity contribution in [3.8, 4) is 5.75 Å². The Labute approximate surface area is 195 Å². The average Bonchev–Trinajstić information content (AvgIpc) is 3.07. The van der Waals surface area contributed by atoms with Gasteiger partial charge in [-0.25, -0.2) is 4.79 Å². The summed E-state index contributed by atoms with van der Waals surface area (Å²) < 4.78 is 49.0. The summed E-state index contributed by atoms with van der Waals surface area (Å²) in [6.45, 7) is 4.42. The van der Waals surface area contributed by atoms with E-state index in [1.807, 2.05) is 13.0 Å². The van der Waals surface area contributed by atoms with E-state index in [0.29, 0.717) is 30.7 Å². The number of cyclic esters (lactones) is 1. The molecule has 178 valence electrons. The average molecular weight is 484 g/mol. The Hall–Kier alpha value is -2.71. The van der Waals surface area contributed by atoms with Crippen molar-refractivity contribution in [1.82, 2.24) is 0 Å². The molecule has 0 spiro atoms. The third-order valence-corrected chi connectivity index (χ3v) is 5.75. The summed E-state index contributed by atoms with van der Waals surface area (Å²) in [7, 11) is 0. The molecular weight excluding hydrogens is 459 g/mol. The summed E-state index contributed by atoms with van der Waals surface area (Å²) in [5.41, 5.74) is 0.380. The molecule has 0 bridgehead atoms. The Morgan fingerprint density at radius 1 is 1.36 bits per heavy atom. The number of alkyl halides is 3. The molecule has 1 aromatic rings. The van der Waals surface area contributed by atoms with E-state index < -0.39 is 36.6 Å². The molecule has 0 unspecified atom stereocenters. The number of anilines is 1. The Kier molecular flexibility index (Phi) is 7.92. The monoisotopic (exact) mass is 483 g/mol. The molecule has 1 aliphatic carbocycles. The zero-order valence-electron chi connectivity index (χ0n) is 18.1. The van der Waals surface area contributed by atoms with Gasteiger partial charge in [-0.05, 0) is 62.1 Å². The fraction of sp³-hybridized carbons (Fsp3) is 0.375. The summed E-state index contributed by atoms with van der Waals surface area (Å²) in [5.74, 6) is 1.38. The molecule has 3 rings (SSSR count). The first-order chi connectivity index (χ1) is 15.6. The first-order valence-electron chi connectivity index (χ1n) is 10.5. The quantitative estimate of drug-likeness (QED) is 0.440. The molecule has 0 aromatic heterocycles. The summed E-state index contributed by atoms with van der Waals surface area (Å²) in [6, 6.07) is 4.71. The van der Waals surface area contributed by atoms with Crippen LogP contribution in [0.5, 0.6) is 5.75 Å². The van der Waals surface area contributed by atoms with E-state index in [1.54, 1.807) is 24.3 Å². The van der Waals surface area contributed by atoms with Gasteiger partial charge in [0.2, 0.25) is 0 Å². The summed E-state index contributed by atoms with van der Waals surface area (Å²) in [5, 5.41) is 10.4. The zero-order chi connectivity index (χ0) is 24.2. The number of benzene rings is 1. The molecule has 1 fully saturated rings. The van der Waals surface area contributed by atoms with Crippen molar-refractivity contribution in [2.45, 2.75) is 50.9 Å². The number of hydrogen-bond donors (Lipinski definition) is 1. The highest BCUT2D eigenvalue weighted by Crippen LogP contribution is 2.35. The molecule has 1 aliphatic heterocycles. The molecule has 0 saturated carbocycles. The number of hydrogen-bond acceptors (Lipinski definition) is 4. The maximum absolute atomic E-state index is 12.6. The van der Waals surface area contributed by atoms with Crippen molar-refractivity contribution in [2.75, 3.05) is 11.5 Å². The van der Waals surface area contributed by atoms with E-state index in [-0.39, 0.29) is 6.42 Å². The van der Waals surface area contributed by atoms with Crippen LogP contribution in [-0.4, -0.2) is 36.1 Å². The van der Waals surface area contributed by atoms with Crippen LogP contribution in [0, 0.1) is 6.92 Å². The predicted molar refractivity (Wildman–Crippen MR) is 120 cm³/mol. The van der Waals surface area contributed by atoms with Gasteiger partial charge < -0.3 is 14.6 Å². The van der Waals surface area contributed by atoms with Crippen LogP contribution in [0.2, 0.25) is 0 Å². The van der Waals surface area contributed by atoms with Crippen LogP contribution in [0.1, 0.15) is 31.2 Å². The van der Waals surface area contributed by atoms with Crippen LogP contribution in [0.25, 0.3) is 0 Å². The van der Waals surface area contributed by atoms with Gasteiger partial charge in [0, 0.05) is 17.0 Å². The van der Waals surface area contributed by atoms with Gasteiger partial charge in [-0.1, -0.05) is 30.3 Å². The predicted octanol–water partition coefficient (Wildman–Crippen LogP) is 6.32. The minimum Gasteiger partial charge on any atom is -0.462 e. The number of allylic oxidation sites excluding steroid dienone is 7. The van der Waals surface area contributed by atoms with Crippen molar-refractivity contribution in [3.05, 3.63) is 71.0 Å². The summed E-state index contributed by atoms with van der Waals surface area (Å²) in [4.78, 5) is 14.0. The van der Waals surface area contributed by atoms with E-state index in [0.717, 1.165) is 22.4 Å². The molecule has 9 heteroatoms. The SMILES string of the molecule is C=C(/C=C\CC[C@H]1[C@H](CO)OC(=O)N1c1ccc(OC2=CC=C(Cl)CC2)cc1C)C(F)(F)F. The fourth-order valence-corrected chi connectivity index (χ4v) is 3.85. The maximum Gasteiger partial charge on any atom is 0.415 e. The highest BCUT2D eigenvalue weighted by Gasteiger charge is 2.42. The van der Waals surface area contributed by atoms with Crippen LogP contribution >= 0.6 is 11.6 Å². The number of amides is 1. The second-order valence-corrected chi connectivity index (χ2v) is 8.33. The van der Waals surface area contributed by atoms with E-state index in [9.17, 15) is 23.1 Å². The smallest absolute Gasteiger partial charge is 0.415 e. The molecule has 1 saturated heterocycles. The first kappa shape index (κ1) is 24.9. The molecule has 1 amide bonds. The van der Waals surface area contributed by atoms with Crippen LogP contribution < -0.4 is 9.64 Å². The molecule has 33 heavy (non-hydrogen) atoms. The molecule has 1 heterocycles. The lowest BCUT2D eigenvalue weighted by Crippen LogP contribution is -2.38. The highest BCUT2D eigenvalue weighted by atomic mass is 35.5. The number of carbonyl (C=O) groups excluding carboxylic acids is 1. The fourth-order valence-electron chi connectivity index (χ4n) is 3.70. The third-order valence-electron chi connectivity index (χ3n) is 5.44. The number of rotatable bonds is 8. The molecule has 1 aromatic carbocycles. The lowest BCUT2D eigenvalue weighted by Gasteiger charge is -2.25. The number of carbonyl (C=O) groups is 1. The van der Waals surface area contributed by atoms with E-state index in [4.69, 9.17) is 21.1 Å². The second kappa shape index (κ2) is 10.5. The number of aliphatic hydroxyl groups is 1. The van der Waals surface area contributed by atoms with Crippen molar-refractivity contribution in [1.29, 1.82) is 0 Å². The number of aryl methyl sites for hydroxylation is 1. The van der Waals surface area contributed by atoms with E-state index in [1.165, 1.54) is 11.0 Å². The minimum atomic E-state index is -4.49. The Balaban J connectivity index is 1.74. The first-order valence-corrected chi connectivity index (χ1v) is 10.8. The lowest BCUT2D eigenvalue weighted by molar-refractivity contribution is -0.0878. The van der Waals surface area contributed by atoms with Gasteiger partial charge in [-0.2, -0.15) is 13.2 Å². The number of ether oxygens (including phenoxy) is 2. The van der Waals surface area contributed by atoms with E-state index in [2.05, 4.69) is 6.58 Å². The van der Waals surface area contributed by atoms with Crippen molar-refractivity contribution in [3.63, 3.8) is 0 Å². The van der Waals surface area contributed by atoms with Gasteiger partial charge in [0.05, 0.1) is 18.3 Å². The normalized spacial score (nSPS) is 21.2. The topological polar surface area (TPSA) is 59.0 Å². The summed E-state index contributed by atoms with van der Waals surface area (Å²) in [6.07, 6.45) is 1.93. The van der Waals surface area contributed by atoms with E-state index >= 15 is 0 Å². The van der Waals surface area contributed by atoms with Gasteiger partial charge in [-0.15, -0.1) is 0 Å². The minimum absolute atomic E-state index is 0.244. The highest BCUT2D eigenvalue weighted by molar-refractivity contribution is 6.29. The molecule has 5 nitrogen and oxygen atoms in total. The Bertz CT molecular complexity index is 1000. The van der Waals surface area contributed by atoms with Gasteiger partial charge in [0.1, 0.15) is 17.6 Å². The van der Waals surface area contributed by atoms with Crippen LogP contribution in [-0.2, 0) is 4.74 Å². The molecule has 0 radical (unpaired) electrons. The van der Waals surface area contributed by atoms with Crippen molar-refractivity contribution < 1.29 is 32.5 Å². The van der Waals surface area contributed by atoms with Crippen LogP contribution in [0.4, 0.5) is 23.7 Å². The zero-order valence-corrected chi connectivity index (χ0v) is 18.8. The van der Waals surface area contributed by atoms with Crippen molar-refractivity contribution >= 4 is 23.4 Å². The molecule has 2 aliphatic rings. The third kappa shape index (κ3) is 6.21.